The lowest BCUT2D eigenvalue weighted by Gasteiger charge is -2.62. The molecule has 1 unspecified atom stereocenters. The molecule has 4 aliphatic rings. The van der Waals surface area contributed by atoms with Crippen molar-refractivity contribution < 1.29 is 24.2 Å². The average molecular weight is 415 g/mol. The number of ketones is 1. The van der Waals surface area contributed by atoms with Crippen LogP contribution < -0.4 is 10.1 Å². The van der Waals surface area contributed by atoms with Gasteiger partial charge in [0.05, 0.1) is 17.7 Å². The highest BCUT2D eigenvalue weighted by molar-refractivity contribution is 5.89. The highest BCUT2D eigenvalue weighted by Gasteiger charge is 2.72. The van der Waals surface area contributed by atoms with E-state index in [1.807, 2.05) is 33.8 Å². The normalized spacial score (nSPS) is 34.2. The van der Waals surface area contributed by atoms with E-state index in [9.17, 15) is 14.7 Å². The predicted molar refractivity (Wildman–Crippen MR) is 110 cm³/mol. The third-order valence-corrected chi connectivity index (χ3v) is 7.41. The molecule has 2 aliphatic heterocycles. The van der Waals surface area contributed by atoms with Gasteiger partial charge in [-0.2, -0.15) is 0 Å². The van der Waals surface area contributed by atoms with Gasteiger partial charge in [-0.05, 0) is 58.1 Å². The number of benzene rings is 1. The Morgan fingerprint density at radius 3 is 2.87 bits per heavy atom. The summed E-state index contributed by atoms with van der Waals surface area (Å²) in [5.74, 6) is 0.882. The Hall–Kier alpha value is -2.12. The van der Waals surface area contributed by atoms with Gasteiger partial charge in [0.1, 0.15) is 11.4 Å². The van der Waals surface area contributed by atoms with Gasteiger partial charge < -0.3 is 19.9 Å². The Morgan fingerprint density at radius 1 is 1.37 bits per heavy atom. The van der Waals surface area contributed by atoms with Gasteiger partial charge >= 0.3 is 6.09 Å². The van der Waals surface area contributed by atoms with Crippen molar-refractivity contribution in [1.29, 1.82) is 0 Å². The summed E-state index contributed by atoms with van der Waals surface area (Å²) in [4.78, 5) is 27.2. The van der Waals surface area contributed by atoms with Gasteiger partial charge in [0.2, 0.25) is 0 Å². The summed E-state index contributed by atoms with van der Waals surface area (Å²) in [5.41, 5.74) is 0.893. The number of amides is 1. The lowest BCUT2D eigenvalue weighted by molar-refractivity contribution is -0.189. The number of Topliss-reactive ketones (excluding diaryl/α,β-unsaturated/α-hetero) is 1. The molecule has 1 aromatic rings. The van der Waals surface area contributed by atoms with Crippen LogP contribution in [0.15, 0.2) is 12.1 Å². The van der Waals surface area contributed by atoms with Crippen molar-refractivity contribution >= 4 is 11.9 Å². The summed E-state index contributed by atoms with van der Waals surface area (Å²) in [6.07, 6.45) is 0.942. The number of nitrogens with zero attached hydrogens (tertiary/aromatic N) is 1. The van der Waals surface area contributed by atoms with Crippen LogP contribution in [0.5, 0.6) is 5.75 Å². The molecule has 0 aromatic heterocycles. The number of rotatable bonds is 2. The smallest absolute Gasteiger partial charge is 0.408 e. The third-order valence-electron chi connectivity index (χ3n) is 7.41. The van der Waals surface area contributed by atoms with Gasteiger partial charge in [-0.15, -0.1) is 0 Å². The van der Waals surface area contributed by atoms with E-state index in [4.69, 9.17) is 9.47 Å². The van der Waals surface area contributed by atoms with Crippen LogP contribution in [0.2, 0.25) is 0 Å². The zero-order valence-electron chi connectivity index (χ0n) is 18.1. The molecule has 30 heavy (non-hydrogen) atoms. The minimum atomic E-state index is -1.06. The van der Waals surface area contributed by atoms with Crippen LogP contribution in [0.3, 0.4) is 0 Å². The largest absolute Gasteiger partial charge is 0.481 e. The maximum atomic E-state index is 12.9. The van der Waals surface area contributed by atoms with Crippen LogP contribution >= 0.6 is 0 Å². The molecule has 1 spiro atoms. The average Bonchev–Trinajstić information content (AvgIpc) is 3.00. The highest BCUT2D eigenvalue weighted by atomic mass is 16.6. The molecule has 2 fully saturated rings. The van der Waals surface area contributed by atoms with Crippen molar-refractivity contribution in [2.75, 3.05) is 13.2 Å². The first-order valence-electron chi connectivity index (χ1n) is 10.8. The second-order valence-electron chi connectivity index (χ2n) is 10.2. The molecule has 0 radical (unpaired) electrons. The topological polar surface area (TPSA) is 88.1 Å². The van der Waals surface area contributed by atoms with E-state index in [1.165, 1.54) is 0 Å². The first-order valence-corrected chi connectivity index (χ1v) is 10.8. The van der Waals surface area contributed by atoms with Gasteiger partial charge in [0, 0.05) is 24.6 Å². The summed E-state index contributed by atoms with van der Waals surface area (Å²) in [6.45, 7) is 8.46. The number of carbonyl (C=O) groups excluding carboxylic acids is 2. The maximum Gasteiger partial charge on any atom is 0.408 e. The molecule has 1 saturated carbocycles. The second-order valence-corrected chi connectivity index (χ2v) is 10.2. The minimum absolute atomic E-state index is 0.0854. The first kappa shape index (κ1) is 19.8. The molecule has 4 atom stereocenters. The van der Waals surface area contributed by atoms with E-state index < -0.39 is 28.8 Å². The van der Waals surface area contributed by atoms with Gasteiger partial charge in [-0.1, -0.05) is 12.1 Å². The maximum absolute atomic E-state index is 12.9. The summed E-state index contributed by atoms with van der Waals surface area (Å²) < 4.78 is 11.6. The molecule has 2 heterocycles. The number of ether oxygens (including phenoxy) is 2. The fraction of sp³-hybridized carbons (Fsp3) is 0.652. The van der Waals surface area contributed by atoms with Crippen LogP contribution in [-0.4, -0.2) is 58.4 Å². The number of nitrogens with one attached hydrogen (secondary N) is 1. The summed E-state index contributed by atoms with van der Waals surface area (Å²) in [7, 11) is 0. The van der Waals surface area contributed by atoms with Crippen molar-refractivity contribution in [2.24, 2.45) is 0 Å². The monoisotopic (exact) mass is 414 g/mol. The molecule has 2 bridgehead atoms. The lowest BCUT2D eigenvalue weighted by Crippen LogP contribution is -2.77. The number of aliphatic hydroxyl groups is 1. The Bertz CT molecular complexity index is 938. The van der Waals surface area contributed by atoms with Crippen molar-refractivity contribution in [3.05, 3.63) is 28.8 Å². The van der Waals surface area contributed by atoms with E-state index in [1.54, 1.807) is 0 Å². The number of hydrogen-bond acceptors (Lipinski definition) is 6. The number of likely N-dealkylation sites (tertiary alicyclic amines) is 1. The standard InChI is InChI=1S/C23H30N2O5/c1-13-5-6-14-11-16-23(28)8-7-15(26)19-22(23,17(14)18(13)29-19)9-10-25(16)12-24-20(27)30-21(2,3)4/h5-6,16,19,28H,7-12H2,1-4H3,(H,24,27)/t16-,19?,22+,23-/m1/s1. The van der Waals surface area contributed by atoms with E-state index in [2.05, 4.69) is 16.3 Å². The second kappa shape index (κ2) is 6.20. The summed E-state index contributed by atoms with van der Waals surface area (Å²) in [5, 5.41) is 15.0. The molecule has 2 N–H and O–H groups in total. The van der Waals surface area contributed by atoms with E-state index in [0.717, 1.165) is 22.4 Å². The summed E-state index contributed by atoms with van der Waals surface area (Å²) >= 11 is 0. The van der Waals surface area contributed by atoms with Crippen molar-refractivity contribution in [3.63, 3.8) is 0 Å². The molecule has 1 aromatic carbocycles. The molecular formula is C23H30N2O5. The van der Waals surface area contributed by atoms with Crippen LogP contribution in [0, 0.1) is 6.92 Å². The molecular weight excluding hydrogens is 384 g/mol. The molecule has 5 rings (SSSR count). The Balaban J connectivity index is 1.50. The number of aryl methyl sites for hydroxylation is 1. The highest BCUT2D eigenvalue weighted by Crippen LogP contribution is 2.63. The lowest BCUT2D eigenvalue weighted by atomic mass is 9.49. The molecule has 2 aliphatic carbocycles. The minimum Gasteiger partial charge on any atom is -0.481 e. The third kappa shape index (κ3) is 2.51. The van der Waals surface area contributed by atoms with Crippen molar-refractivity contribution in [2.45, 2.75) is 82.1 Å². The number of carbonyl (C=O) groups is 2. The Kier molecular flexibility index (Phi) is 4.10. The zero-order chi connectivity index (χ0) is 21.5. The fourth-order valence-corrected chi connectivity index (χ4v) is 6.23. The number of alkyl carbamates (subject to hydrolysis) is 1. The van der Waals surface area contributed by atoms with Crippen molar-refractivity contribution in [3.8, 4) is 5.75 Å². The molecule has 162 valence electrons. The van der Waals surface area contributed by atoms with Crippen LogP contribution in [0.4, 0.5) is 4.79 Å². The number of piperidine rings is 1. The van der Waals surface area contributed by atoms with Gasteiger partial charge in [-0.3, -0.25) is 9.69 Å². The van der Waals surface area contributed by atoms with Crippen molar-refractivity contribution in [1.82, 2.24) is 10.2 Å². The quantitative estimate of drug-likeness (QED) is 0.771. The molecule has 7 nitrogen and oxygen atoms in total. The molecule has 7 heteroatoms. The fourth-order valence-electron chi connectivity index (χ4n) is 6.23. The first-order chi connectivity index (χ1) is 14.1. The van der Waals surface area contributed by atoms with E-state index in [0.29, 0.717) is 38.9 Å². The van der Waals surface area contributed by atoms with E-state index in [-0.39, 0.29) is 11.8 Å². The molecule has 1 saturated heterocycles. The van der Waals surface area contributed by atoms with Gasteiger partial charge in [0.25, 0.3) is 0 Å². The SMILES string of the molecule is Cc1ccc2c3c1OC1C(=O)CC[C@@]4(O)[C@@H](C2)N(CNC(=O)OC(C)(C)C)CC[C@]314. The van der Waals surface area contributed by atoms with Crippen LogP contribution in [0.25, 0.3) is 0 Å². The molecule has 1 amide bonds. The zero-order valence-corrected chi connectivity index (χ0v) is 18.1. The number of hydrogen-bond donors (Lipinski definition) is 2. The Morgan fingerprint density at radius 2 is 2.13 bits per heavy atom. The predicted octanol–water partition coefficient (Wildman–Crippen LogP) is 2.20. The van der Waals surface area contributed by atoms with E-state index >= 15 is 0 Å². The van der Waals surface area contributed by atoms with Crippen LogP contribution in [-0.2, 0) is 21.4 Å². The van der Waals surface area contributed by atoms with Gasteiger partial charge in [0.15, 0.2) is 11.9 Å². The Labute approximate surface area is 176 Å². The summed E-state index contributed by atoms with van der Waals surface area (Å²) in [6, 6.07) is 3.95. The van der Waals surface area contributed by atoms with Gasteiger partial charge in [-0.25, -0.2) is 4.79 Å². The van der Waals surface area contributed by atoms with Crippen LogP contribution in [0.1, 0.15) is 56.7 Å².